The zero-order valence-electron chi connectivity index (χ0n) is 19.4. The number of amides is 1. The van der Waals surface area contributed by atoms with E-state index in [2.05, 4.69) is 34.1 Å². The summed E-state index contributed by atoms with van der Waals surface area (Å²) in [6, 6.07) is 5.67. The number of carbonyl (C=O) groups is 1. The molecule has 170 valence electrons. The summed E-state index contributed by atoms with van der Waals surface area (Å²) >= 11 is 0. The average Bonchev–Trinajstić information content (AvgIpc) is 3.40. The van der Waals surface area contributed by atoms with E-state index in [4.69, 9.17) is 0 Å². The first-order valence-electron chi connectivity index (χ1n) is 11.5. The molecule has 0 spiro atoms. The lowest BCUT2D eigenvalue weighted by molar-refractivity contribution is 0.0938. The average molecular weight is 437 g/mol. The van der Waals surface area contributed by atoms with E-state index in [1.54, 1.807) is 16.8 Å². The number of unbranched alkanes of at least 4 members (excludes halogenated alkanes) is 1. The van der Waals surface area contributed by atoms with Crippen molar-refractivity contribution in [2.75, 3.05) is 18.0 Å². The predicted molar refractivity (Wildman–Crippen MR) is 126 cm³/mol. The molecule has 1 fully saturated rings. The molecule has 0 saturated carbocycles. The van der Waals surface area contributed by atoms with E-state index >= 15 is 0 Å². The molecule has 0 aromatic carbocycles. The van der Waals surface area contributed by atoms with Gasteiger partial charge in [0.15, 0.2) is 5.65 Å². The second-order valence-corrected chi connectivity index (χ2v) is 8.60. The number of rotatable bonds is 7. The summed E-state index contributed by atoms with van der Waals surface area (Å²) in [6.07, 6.45) is 5.32. The van der Waals surface area contributed by atoms with E-state index in [9.17, 15) is 9.59 Å². The Balaban J connectivity index is 1.50. The number of hydrogen-bond acceptors (Lipinski definition) is 5. The molecule has 1 atom stereocenters. The highest BCUT2D eigenvalue weighted by molar-refractivity contribution is 5.94. The monoisotopic (exact) mass is 436 g/mol. The van der Waals surface area contributed by atoms with Crippen LogP contribution in [0.3, 0.4) is 0 Å². The van der Waals surface area contributed by atoms with Crippen LogP contribution in [0.15, 0.2) is 29.2 Å². The number of fused-ring (bicyclic) bond motifs is 1. The van der Waals surface area contributed by atoms with E-state index in [0.29, 0.717) is 13.1 Å². The van der Waals surface area contributed by atoms with Crippen LogP contribution in [0.25, 0.3) is 5.65 Å². The van der Waals surface area contributed by atoms with Crippen LogP contribution in [0.2, 0.25) is 0 Å². The molecule has 4 rings (SSSR count). The van der Waals surface area contributed by atoms with Crippen LogP contribution >= 0.6 is 0 Å². The van der Waals surface area contributed by atoms with Crippen LogP contribution in [0, 0.1) is 13.8 Å². The van der Waals surface area contributed by atoms with Crippen molar-refractivity contribution in [3.05, 3.63) is 57.3 Å². The van der Waals surface area contributed by atoms with E-state index < -0.39 is 0 Å². The molecule has 0 unspecified atom stereocenters. The predicted octanol–water partition coefficient (Wildman–Crippen LogP) is 2.88. The third-order valence-corrected chi connectivity index (χ3v) is 6.39. The Hall–Kier alpha value is -3.16. The maximum atomic E-state index is 13.1. The molecule has 1 aliphatic rings. The summed E-state index contributed by atoms with van der Waals surface area (Å²) < 4.78 is 3.60. The normalized spacial score (nSPS) is 16.1. The fraction of sp³-hybridized carbons (Fsp3) is 0.500. The minimum absolute atomic E-state index is 0.0289. The summed E-state index contributed by atoms with van der Waals surface area (Å²) in [6.45, 7) is 10.2. The molecule has 1 aliphatic heterocycles. The lowest BCUT2D eigenvalue weighted by atomic mass is 10.1. The van der Waals surface area contributed by atoms with Gasteiger partial charge in [0.05, 0.1) is 11.9 Å². The minimum atomic E-state index is -0.282. The fourth-order valence-electron chi connectivity index (χ4n) is 4.41. The fourth-order valence-corrected chi connectivity index (χ4v) is 4.41. The summed E-state index contributed by atoms with van der Waals surface area (Å²) in [5.74, 6) is 0.580. The van der Waals surface area contributed by atoms with Gasteiger partial charge in [0.2, 0.25) is 0 Å². The van der Waals surface area contributed by atoms with E-state index in [0.717, 1.165) is 60.6 Å². The first kappa shape index (κ1) is 22.0. The quantitative estimate of drug-likeness (QED) is 0.616. The molecule has 0 aliphatic carbocycles. The number of nitrogens with one attached hydrogen (secondary N) is 1. The van der Waals surface area contributed by atoms with Gasteiger partial charge in [-0.1, -0.05) is 20.3 Å². The standard InChI is InChI=1S/C24H32N6O2/c1-5-7-11-29-17(4)18(6-2)13-20(24(29)32)23(31)26-19-10-12-28(15-19)22-9-8-21-25-14-16(3)30(21)27-22/h8-9,13-14,19H,5-7,10-12,15H2,1-4H3,(H,26,31)/t19-/m0/s1. The van der Waals surface area contributed by atoms with E-state index in [1.807, 2.05) is 30.5 Å². The number of imidazole rings is 1. The highest BCUT2D eigenvalue weighted by atomic mass is 16.2. The van der Waals surface area contributed by atoms with Crippen molar-refractivity contribution < 1.29 is 4.79 Å². The van der Waals surface area contributed by atoms with Gasteiger partial charge in [-0.25, -0.2) is 9.50 Å². The second kappa shape index (κ2) is 9.14. The van der Waals surface area contributed by atoms with Gasteiger partial charge in [-0.2, -0.15) is 0 Å². The van der Waals surface area contributed by atoms with Crippen molar-refractivity contribution >= 4 is 17.4 Å². The Kier molecular flexibility index (Phi) is 6.30. The van der Waals surface area contributed by atoms with Gasteiger partial charge in [0.1, 0.15) is 11.4 Å². The Morgan fingerprint density at radius 1 is 1.25 bits per heavy atom. The van der Waals surface area contributed by atoms with Crippen molar-refractivity contribution in [2.45, 2.75) is 66.0 Å². The van der Waals surface area contributed by atoms with Gasteiger partial charge in [-0.05, 0) is 56.9 Å². The third-order valence-electron chi connectivity index (χ3n) is 6.39. The maximum absolute atomic E-state index is 13.1. The lowest BCUT2D eigenvalue weighted by Crippen LogP contribution is -2.41. The molecule has 0 radical (unpaired) electrons. The zero-order valence-corrected chi connectivity index (χ0v) is 19.4. The summed E-state index contributed by atoms with van der Waals surface area (Å²) in [7, 11) is 0. The van der Waals surface area contributed by atoms with Gasteiger partial charge in [0, 0.05) is 31.4 Å². The minimum Gasteiger partial charge on any atom is -0.353 e. The molecule has 1 N–H and O–H groups in total. The Labute approximate surface area is 188 Å². The van der Waals surface area contributed by atoms with Gasteiger partial charge in [-0.15, -0.1) is 5.10 Å². The number of aryl methyl sites for hydroxylation is 2. The molecule has 1 saturated heterocycles. The number of hydrogen-bond donors (Lipinski definition) is 1. The van der Waals surface area contributed by atoms with Crippen LogP contribution in [0.4, 0.5) is 5.82 Å². The van der Waals surface area contributed by atoms with Crippen LogP contribution < -0.4 is 15.8 Å². The Bertz CT molecular complexity index is 1200. The Morgan fingerprint density at radius 2 is 2.06 bits per heavy atom. The smallest absolute Gasteiger partial charge is 0.263 e. The lowest BCUT2D eigenvalue weighted by Gasteiger charge is -2.19. The summed E-state index contributed by atoms with van der Waals surface area (Å²) in [4.78, 5) is 32.6. The zero-order chi connectivity index (χ0) is 22.8. The van der Waals surface area contributed by atoms with Crippen LogP contribution in [-0.2, 0) is 13.0 Å². The van der Waals surface area contributed by atoms with Crippen molar-refractivity contribution in [2.24, 2.45) is 0 Å². The van der Waals surface area contributed by atoms with Gasteiger partial charge in [-0.3, -0.25) is 9.59 Å². The number of aromatic nitrogens is 4. The summed E-state index contributed by atoms with van der Waals surface area (Å²) in [5.41, 5.74) is 3.87. The van der Waals surface area contributed by atoms with Crippen LogP contribution in [0.5, 0.6) is 0 Å². The van der Waals surface area contributed by atoms with Gasteiger partial charge in [0.25, 0.3) is 11.5 Å². The van der Waals surface area contributed by atoms with E-state index in [-0.39, 0.29) is 23.1 Å². The number of anilines is 1. The van der Waals surface area contributed by atoms with Crippen LogP contribution in [-0.4, -0.2) is 44.2 Å². The number of nitrogens with zero attached hydrogens (tertiary/aromatic N) is 5. The van der Waals surface area contributed by atoms with Crippen molar-refractivity contribution in [3.8, 4) is 0 Å². The molecule has 3 aromatic rings. The molecule has 32 heavy (non-hydrogen) atoms. The molecular formula is C24H32N6O2. The van der Waals surface area contributed by atoms with Crippen molar-refractivity contribution in [1.29, 1.82) is 0 Å². The topological polar surface area (TPSA) is 84.5 Å². The second-order valence-electron chi connectivity index (χ2n) is 8.60. The molecule has 8 nitrogen and oxygen atoms in total. The largest absolute Gasteiger partial charge is 0.353 e. The number of pyridine rings is 1. The molecule has 1 amide bonds. The highest BCUT2D eigenvalue weighted by Crippen LogP contribution is 2.19. The van der Waals surface area contributed by atoms with E-state index in [1.165, 1.54) is 0 Å². The molecule has 8 heteroatoms. The van der Waals surface area contributed by atoms with Crippen molar-refractivity contribution in [3.63, 3.8) is 0 Å². The highest BCUT2D eigenvalue weighted by Gasteiger charge is 2.27. The maximum Gasteiger partial charge on any atom is 0.263 e. The molecule has 3 aromatic heterocycles. The molecule has 4 heterocycles. The molecule has 0 bridgehead atoms. The SMILES string of the molecule is CCCCn1c(C)c(CC)cc(C(=O)N[C@H]2CCN(c3ccc4ncc(C)n4n3)C2)c1=O. The van der Waals surface area contributed by atoms with Crippen LogP contribution in [0.1, 0.15) is 60.4 Å². The van der Waals surface area contributed by atoms with Crippen molar-refractivity contribution in [1.82, 2.24) is 24.5 Å². The number of carbonyl (C=O) groups excluding carboxylic acids is 1. The van der Waals surface area contributed by atoms with Gasteiger partial charge < -0.3 is 14.8 Å². The Morgan fingerprint density at radius 3 is 2.81 bits per heavy atom. The first-order valence-corrected chi connectivity index (χ1v) is 11.5. The molecular weight excluding hydrogens is 404 g/mol. The summed E-state index contributed by atoms with van der Waals surface area (Å²) in [5, 5.41) is 7.78. The third kappa shape index (κ3) is 4.13. The van der Waals surface area contributed by atoms with Gasteiger partial charge >= 0.3 is 0 Å². The first-order chi connectivity index (χ1) is 15.4.